The van der Waals surface area contributed by atoms with E-state index in [1.165, 1.54) is 6.42 Å². The monoisotopic (exact) mass is 516 g/mol. The summed E-state index contributed by atoms with van der Waals surface area (Å²) in [7, 11) is 1.67. The lowest BCUT2D eigenvalue weighted by atomic mass is 9.88. The highest BCUT2D eigenvalue weighted by Gasteiger charge is 2.50. The van der Waals surface area contributed by atoms with E-state index < -0.39 is 0 Å². The number of carbonyl (C=O) groups is 1. The Bertz CT molecular complexity index is 901. The molecule has 2 aliphatic rings. The zero-order valence-corrected chi connectivity index (χ0v) is 22.2. The van der Waals surface area contributed by atoms with Gasteiger partial charge < -0.3 is 23.7 Å². The lowest BCUT2D eigenvalue weighted by Crippen LogP contribution is -2.54. The Morgan fingerprint density at radius 3 is 2.46 bits per heavy atom. The van der Waals surface area contributed by atoms with Gasteiger partial charge in [-0.25, -0.2) is 0 Å². The summed E-state index contributed by atoms with van der Waals surface area (Å²) < 4.78 is 24.5. The van der Waals surface area contributed by atoms with Gasteiger partial charge in [0.25, 0.3) is 0 Å². The summed E-state index contributed by atoms with van der Waals surface area (Å²) >= 11 is 4.08. The van der Waals surface area contributed by atoms with Crippen molar-refractivity contribution in [2.45, 2.75) is 61.8 Å². The van der Waals surface area contributed by atoms with Crippen LogP contribution >= 0.6 is 23.5 Å². The maximum Gasteiger partial charge on any atom is 0.122 e. The van der Waals surface area contributed by atoms with Gasteiger partial charge in [-0.2, -0.15) is 0 Å². The molecule has 190 valence electrons. The minimum Gasteiger partial charge on any atom is -0.497 e. The minimum atomic E-state index is -0.234. The maximum atomic E-state index is 11.5. The minimum absolute atomic E-state index is 0.0516. The third kappa shape index (κ3) is 7.04. The summed E-state index contributed by atoms with van der Waals surface area (Å²) in [6.45, 7) is 3.67. The molecule has 2 saturated heterocycles. The number of hydrogen-bond acceptors (Lipinski definition) is 7. The molecule has 2 aliphatic heterocycles. The largest absolute Gasteiger partial charge is 0.497 e. The summed E-state index contributed by atoms with van der Waals surface area (Å²) in [5.41, 5.74) is 2.21. The van der Waals surface area contributed by atoms with E-state index in [0.29, 0.717) is 32.2 Å². The van der Waals surface area contributed by atoms with Crippen LogP contribution in [0.1, 0.15) is 37.3 Å². The van der Waals surface area contributed by atoms with E-state index in [0.717, 1.165) is 41.1 Å². The van der Waals surface area contributed by atoms with E-state index in [2.05, 4.69) is 19.1 Å². The Morgan fingerprint density at radius 2 is 1.77 bits per heavy atom. The Balaban J connectivity index is 1.49. The summed E-state index contributed by atoms with van der Waals surface area (Å²) in [5.74, 6) is 3.43. The second kappa shape index (κ2) is 13.2. The fraction of sp³-hybridized carbons (Fsp3) is 0.536. The molecule has 0 aliphatic carbocycles. The molecule has 2 fully saturated rings. The van der Waals surface area contributed by atoms with E-state index >= 15 is 0 Å². The summed E-state index contributed by atoms with van der Waals surface area (Å²) in [5, 5.41) is 0. The highest BCUT2D eigenvalue weighted by atomic mass is 32.2. The molecule has 4 atom stereocenters. The Labute approximate surface area is 217 Å². The first-order valence-electron chi connectivity index (χ1n) is 12.4. The van der Waals surface area contributed by atoms with E-state index in [9.17, 15) is 4.79 Å². The van der Waals surface area contributed by atoms with E-state index in [-0.39, 0.29) is 22.4 Å². The molecule has 4 rings (SSSR count). The first-order chi connectivity index (χ1) is 17.1. The van der Waals surface area contributed by atoms with Crippen LogP contribution in [-0.2, 0) is 32.2 Å². The second-order valence-corrected chi connectivity index (χ2v) is 12.3. The quantitative estimate of drug-likeness (QED) is 0.353. The predicted molar refractivity (Wildman–Crippen MR) is 143 cm³/mol. The van der Waals surface area contributed by atoms with Crippen molar-refractivity contribution in [3.8, 4) is 5.75 Å². The molecule has 0 amide bonds. The Kier molecular flexibility index (Phi) is 9.98. The molecule has 1 spiro atoms. The number of benzene rings is 2. The van der Waals surface area contributed by atoms with Gasteiger partial charge in [-0.05, 0) is 41.2 Å². The molecule has 0 N–H and O–H groups in total. The van der Waals surface area contributed by atoms with Crippen LogP contribution in [0.4, 0.5) is 0 Å². The second-order valence-electron chi connectivity index (χ2n) is 9.17. The summed E-state index contributed by atoms with van der Waals surface area (Å²) in [6, 6.07) is 18.1. The third-order valence-corrected chi connectivity index (χ3v) is 10.6. The van der Waals surface area contributed by atoms with Crippen molar-refractivity contribution in [3.63, 3.8) is 0 Å². The van der Waals surface area contributed by atoms with Crippen molar-refractivity contribution in [2.75, 3.05) is 25.2 Å². The van der Waals surface area contributed by atoms with Crippen molar-refractivity contribution < 1.29 is 23.7 Å². The van der Waals surface area contributed by atoms with Crippen LogP contribution in [0.2, 0.25) is 0 Å². The molecule has 0 unspecified atom stereocenters. The first-order valence-corrected chi connectivity index (χ1v) is 14.3. The smallest absolute Gasteiger partial charge is 0.122 e. The molecule has 5 nitrogen and oxygen atoms in total. The number of carbonyl (C=O) groups excluding carboxylic acids is 1. The van der Waals surface area contributed by atoms with Gasteiger partial charge in [-0.3, -0.25) is 0 Å². The Morgan fingerprint density at radius 1 is 1.06 bits per heavy atom. The maximum absolute atomic E-state index is 11.5. The zero-order chi connectivity index (χ0) is 24.5. The molecule has 0 radical (unpaired) electrons. The predicted octanol–water partition coefficient (Wildman–Crippen LogP) is 5.75. The van der Waals surface area contributed by atoms with Gasteiger partial charge in [0, 0.05) is 18.8 Å². The average molecular weight is 517 g/mol. The number of rotatable bonds is 11. The van der Waals surface area contributed by atoms with Crippen LogP contribution in [-0.4, -0.2) is 53.9 Å². The fourth-order valence-corrected chi connectivity index (χ4v) is 8.42. The number of hydrogen-bond donors (Lipinski definition) is 0. The number of thioether (sulfide) groups is 2. The molecular formula is C28H36O5S2. The molecule has 2 aromatic rings. The molecule has 0 saturated carbocycles. The van der Waals surface area contributed by atoms with Gasteiger partial charge >= 0.3 is 0 Å². The molecule has 2 heterocycles. The third-order valence-electron chi connectivity index (χ3n) is 6.83. The van der Waals surface area contributed by atoms with Gasteiger partial charge in [-0.1, -0.05) is 49.4 Å². The topological polar surface area (TPSA) is 54.0 Å². The highest BCUT2D eigenvalue weighted by Crippen LogP contribution is 2.55. The van der Waals surface area contributed by atoms with Gasteiger partial charge in [0.2, 0.25) is 0 Å². The molecule has 0 aromatic heterocycles. The van der Waals surface area contributed by atoms with Gasteiger partial charge in [0.1, 0.15) is 18.1 Å². The molecule has 2 aromatic carbocycles. The van der Waals surface area contributed by atoms with Crippen LogP contribution in [0.5, 0.6) is 5.75 Å². The molecular weight excluding hydrogens is 480 g/mol. The Hall–Kier alpha value is -1.51. The van der Waals surface area contributed by atoms with Crippen LogP contribution in [0.25, 0.3) is 0 Å². The van der Waals surface area contributed by atoms with Gasteiger partial charge in [-0.15, -0.1) is 23.5 Å². The SMILES string of the molecule is COc1ccc(CO[C@H](COCc2ccccc2)[C@@H]2CC3(SCCCS3)[C@H](C)[C@H](CC=O)O2)cc1. The normalized spacial score (nSPS) is 24.7. The number of ether oxygens (including phenoxy) is 4. The van der Waals surface area contributed by atoms with E-state index in [1.54, 1.807) is 7.11 Å². The average Bonchev–Trinajstić information content (AvgIpc) is 2.90. The standard InChI is InChI=1S/C28H36O5S2/c1-21-25(13-14-29)33-26(17-28(21)34-15-6-16-35-28)27(20-31-18-22-7-4-3-5-8-22)32-19-23-9-11-24(30-2)12-10-23/h3-5,7-12,14,21,25-27H,6,13,15-20H2,1-2H3/t21-,25+,26+,27-/m1/s1. The zero-order valence-electron chi connectivity index (χ0n) is 20.6. The summed E-state index contributed by atoms with van der Waals surface area (Å²) in [4.78, 5) is 11.5. The highest BCUT2D eigenvalue weighted by molar-refractivity contribution is 8.18. The van der Waals surface area contributed by atoms with Crippen molar-refractivity contribution in [1.29, 1.82) is 0 Å². The lowest BCUT2D eigenvalue weighted by molar-refractivity contribution is -0.165. The number of aldehydes is 1. The first kappa shape index (κ1) is 26.6. The number of methoxy groups -OCH3 is 1. The van der Waals surface area contributed by atoms with E-state index in [4.69, 9.17) is 18.9 Å². The fourth-order valence-electron chi connectivity index (χ4n) is 4.74. The summed E-state index contributed by atoms with van der Waals surface area (Å²) in [6.07, 6.45) is 3.05. The lowest BCUT2D eigenvalue weighted by Gasteiger charge is -2.51. The van der Waals surface area contributed by atoms with Crippen LogP contribution < -0.4 is 4.74 Å². The van der Waals surface area contributed by atoms with Crippen LogP contribution in [0.15, 0.2) is 54.6 Å². The van der Waals surface area contributed by atoms with Crippen molar-refractivity contribution >= 4 is 29.8 Å². The van der Waals surface area contributed by atoms with Gasteiger partial charge in [0.05, 0.1) is 43.2 Å². The molecule has 7 heteroatoms. The van der Waals surface area contributed by atoms with Gasteiger partial charge in [0.15, 0.2) is 0 Å². The molecule has 35 heavy (non-hydrogen) atoms. The van der Waals surface area contributed by atoms with Crippen molar-refractivity contribution in [1.82, 2.24) is 0 Å². The van der Waals surface area contributed by atoms with Crippen molar-refractivity contribution in [2.24, 2.45) is 5.92 Å². The van der Waals surface area contributed by atoms with Crippen LogP contribution in [0, 0.1) is 5.92 Å². The molecule has 0 bridgehead atoms. The van der Waals surface area contributed by atoms with E-state index in [1.807, 2.05) is 66.0 Å². The van der Waals surface area contributed by atoms with Crippen LogP contribution in [0.3, 0.4) is 0 Å². The van der Waals surface area contributed by atoms with Crippen molar-refractivity contribution in [3.05, 3.63) is 65.7 Å².